The molecule has 0 saturated heterocycles. The van der Waals surface area contributed by atoms with Gasteiger partial charge in [-0.1, -0.05) is 0 Å². The van der Waals surface area contributed by atoms with Crippen LogP contribution in [0.1, 0.15) is 11.3 Å². The van der Waals surface area contributed by atoms with Gasteiger partial charge in [-0.15, -0.1) is 0 Å². The lowest BCUT2D eigenvalue weighted by Gasteiger charge is -2.17. The second-order valence-corrected chi connectivity index (χ2v) is 2.82. The van der Waals surface area contributed by atoms with Crippen molar-refractivity contribution in [1.29, 1.82) is 0 Å². The molecule has 0 spiro atoms. The van der Waals surface area contributed by atoms with Gasteiger partial charge < -0.3 is 15.2 Å². The summed E-state index contributed by atoms with van der Waals surface area (Å²) < 4.78 is 10.4. The number of ether oxygens (including phenoxy) is 2. The predicted octanol–water partition coefficient (Wildman–Crippen LogP) is 0.140. The van der Waals surface area contributed by atoms with Crippen LogP contribution >= 0.6 is 0 Å². The summed E-state index contributed by atoms with van der Waals surface area (Å²) in [7, 11) is 1.57. The van der Waals surface area contributed by atoms with E-state index >= 15 is 0 Å². The highest BCUT2D eigenvalue weighted by atomic mass is 16.5. The molecule has 2 rings (SSSR count). The van der Waals surface area contributed by atoms with Crippen LogP contribution < -0.4 is 10.5 Å². The predicted molar refractivity (Wildman–Crippen MR) is 46.4 cm³/mol. The van der Waals surface area contributed by atoms with Crippen LogP contribution in [0, 0.1) is 0 Å². The number of aromatic nitrogens is 2. The molecule has 0 atom stereocenters. The third-order valence-corrected chi connectivity index (χ3v) is 2.00. The maximum atomic E-state index is 5.52. The van der Waals surface area contributed by atoms with Crippen LogP contribution in [0.5, 0.6) is 5.88 Å². The summed E-state index contributed by atoms with van der Waals surface area (Å²) in [4.78, 5) is 8.10. The van der Waals surface area contributed by atoms with Gasteiger partial charge in [0.05, 0.1) is 31.6 Å². The van der Waals surface area contributed by atoms with Gasteiger partial charge in [-0.05, 0) is 0 Å². The topological polar surface area (TPSA) is 70.3 Å². The molecule has 1 aliphatic rings. The van der Waals surface area contributed by atoms with Gasteiger partial charge in [0.25, 0.3) is 0 Å². The Morgan fingerprint density at radius 3 is 3.08 bits per heavy atom. The van der Waals surface area contributed by atoms with Crippen LogP contribution in [0.15, 0.2) is 0 Å². The summed E-state index contributed by atoms with van der Waals surface area (Å²) in [5.41, 5.74) is 7.37. The van der Waals surface area contributed by atoms with E-state index in [4.69, 9.17) is 15.2 Å². The fraction of sp³-hybridized carbons (Fsp3) is 0.500. The second-order valence-electron chi connectivity index (χ2n) is 2.82. The van der Waals surface area contributed by atoms with Crippen molar-refractivity contribution in [1.82, 2.24) is 9.97 Å². The van der Waals surface area contributed by atoms with Gasteiger partial charge in [-0.25, -0.2) is 4.98 Å². The molecule has 0 aliphatic carbocycles. The maximum absolute atomic E-state index is 5.52. The summed E-state index contributed by atoms with van der Waals surface area (Å²) in [6, 6.07) is 0. The van der Waals surface area contributed by atoms with E-state index in [9.17, 15) is 0 Å². The molecule has 1 aromatic rings. The molecule has 2 N–H and O–H groups in total. The van der Waals surface area contributed by atoms with E-state index in [1.54, 1.807) is 7.11 Å². The van der Waals surface area contributed by atoms with Crippen molar-refractivity contribution >= 4 is 5.95 Å². The molecule has 0 aromatic carbocycles. The molecule has 1 aromatic heterocycles. The molecular formula is C8H11N3O2. The number of anilines is 1. The van der Waals surface area contributed by atoms with Gasteiger partial charge in [0.2, 0.25) is 11.8 Å². The quantitative estimate of drug-likeness (QED) is 0.667. The zero-order chi connectivity index (χ0) is 9.26. The van der Waals surface area contributed by atoms with E-state index in [2.05, 4.69) is 9.97 Å². The standard InChI is InChI=1S/C8H11N3O2/c1-12-7-5-4-13-3-2-6(5)10-8(9)11-7/h2-4H2,1H3,(H2,9,10,11). The average molecular weight is 181 g/mol. The molecule has 13 heavy (non-hydrogen) atoms. The largest absolute Gasteiger partial charge is 0.481 e. The lowest BCUT2D eigenvalue weighted by Crippen LogP contribution is -2.15. The van der Waals surface area contributed by atoms with E-state index in [-0.39, 0.29) is 5.95 Å². The van der Waals surface area contributed by atoms with Crippen LogP contribution in [-0.4, -0.2) is 23.7 Å². The Hall–Kier alpha value is -1.36. The van der Waals surface area contributed by atoms with E-state index in [0.29, 0.717) is 19.1 Å². The molecule has 5 nitrogen and oxygen atoms in total. The molecule has 0 amide bonds. The summed E-state index contributed by atoms with van der Waals surface area (Å²) in [6.07, 6.45) is 0.776. The lowest BCUT2D eigenvalue weighted by atomic mass is 10.1. The molecule has 2 heterocycles. The molecule has 1 aliphatic heterocycles. The third kappa shape index (κ3) is 1.42. The smallest absolute Gasteiger partial charge is 0.223 e. The highest BCUT2D eigenvalue weighted by Crippen LogP contribution is 2.23. The van der Waals surface area contributed by atoms with Crippen LogP contribution in [0.4, 0.5) is 5.95 Å². The number of nitrogens with two attached hydrogens (primary N) is 1. The van der Waals surface area contributed by atoms with Gasteiger partial charge in [-0.3, -0.25) is 0 Å². The third-order valence-electron chi connectivity index (χ3n) is 2.00. The number of nitrogens with zero attached hydrogens (tertiary/aromatic N) is 2. The minimum Gasteiger partial charge on any atom is -0.481 e. The van der Waals surface area contributed by atoms with Crippen molar-refractivity contribution in [3.8, 4) is 5.88 Å². The zero-order valence-corrected chi connectivity index (χ0v) is 7.41. The minimum absolute atomic E-state index is 0.262. The molecular weight excluding hydrogens is 170 g/mol. The van der Waals surface area contributed by atoms with E-state index in [0.717, 1.165) is 17.7 Å². The molecule has 0 bridgehead atoms. The second kappa shape index (κ2) is 3.18. The van der Waals surface area contributed by atoms with E-state index < -0.39 is 0 Å². The van der Waals surface area contributed by atoms with Gasteiger partial charge in [0.15, 0.2) is 0 Å². The fourth-order valence-corrected chi connectivity index (χ4v) is 1.39. The Kier molecular flexibility index (Phi) is 2.02. The Bertz CT molecular complexity index is 310. The number of hydrogen-bond donors (Lipinski definition) is 1. The summed E-state index contributed by atoms with van der Waals surface area (Å²) in [6.45, 7) is 1.20. The molecule has 5 heteroatoms. The van der Waals surface area contributed by atoms with Crippen molar-refractivity contribution in [2.45, 2.75) is 13.0 Å². The first kappa shape index (κ1) is 8.25. The molecule has 70 valence electrons. The van der Waals surface area contributed by atoms with Gasteiger partial charge in [-0.2, -0.15) is 4.98 Å². The molecule has 0 saturated carbocycles. The first-order chi connectivity index (χ1) is 6.31. The molecule has 0 unspecified atom stereocenters. The van der Waals surface area contributed by atoms with E-state index in [1.807, 2.05) is 0 Å². The average Bonchev–Trinajstić information content (AvgIpc) is 2.16. The van der Waals surface area contributed by atoms with E-state index in [1.165, 1.54) is 0 Å². The van der Waals surface area contributed by atoms with Crippen LogP contribution in [0.25, 0.3) is 0 Å². The molecule has 0 fully saturated rings. The summed E-state index contributed by atoms with van der Waals surface area (Å²) in [5, 5.41) is 0. The lowest BCUT2D eigenvalue weighted by molar-refractivity contribution is 0.106. The van der Waals surface area contributed by atoms with Gasteiger partial charge in [0.1, 0.15) is 0 Å². The summed E-state index contributed by atoms with van der Waals surface area (Å²) >= 11 is 0. The maximum Gasteiger partial charge on any atom is 0.223 e. The van der Waals surface area contributed by atoms with Crippen molar-refractivity contribution in [3.05, 3.63) is 11.3 Å². The monoisotopic (exact) mass is 181 g/mol. The highest BCUT2D eigenvalue weighted by Gasteiger charge is 2.17. The fourth-order valence-electron chi connectivity index (χ4n) is 1.39. The summed E-state index contributed by atoms with van der Waals surface area (Å²) in [5.74, 6) is 0.791. The normalized spacial score (nSPS) is 15.2. The van der Waals surface area contributed by atoms with Gasteiger partial charge in [0, 0.05) is 6.42 Å². The first-order valence-electron chi connectivity index (χ1n) is 4.08. The Morgan fingerprint density at radius 1 is 1.46 bits per heavy atom. The SMILES string of the molecule is COc1nc(N)nc2c1COCC2. The number of nitrogen functional groups attached to an aromatic ring is 1. The van der Waals surface area contributed by atoms with Crippen molar-refractivity contribution < 1.29 is 9.47 Å². The number of rotatable bonds is 1. The van der Waals surface area contributed by atoms with Crippen molar-refractivity contribution in [2.24, 2.45) is 0 Å². The zero-order valence-electron chi connectivity index (χ0n) is 7.41. The van der Waals surface area contributed by atoms with Crippen molar-refractivity contribution in [2.75, 3.05) is 19.5 Å². The first-order valence-corrected chi connectivity index (χ1v) is 4.08. The van der Waals surface area contributed by atoms with Crippen LogP contribution in [-0.2, 0) is 17.8 Å². The number of methoxy groups -OCH3 is 1. The Balaban J connectivity index is 2.50. The Labute approximate surface area is 75.9 Å². The number of fused-ring (bicyclic) bond motifs is 1. The van der Waals surface area contributed by atoms with Crippen LogP contribution in [0.3, 0.4) is 0 Å². The molecule has 0 radical (unpaired) electrons. The Morgan fingerprint density at radius 2 is 2.31 bits per heavy atom. The van der Waals surface area contributed by atoms with Gasteiger partial charge >= 0.3 is 0 Å². The minimum atomic E-state index is 0.262. The van der Waals surface area contributed by atoms with Crippen LogP contribution in [0.2, 0.25) is 0 Å². The van der Waals surface area contributed by atoms with Crippen molar-refractivity contribution in [3.63, 3.8) is 0 Å². The highest BCUT2D eigenvalue weighted by molar-refractivity contribution is 5.36. The number of hydrogen-bond acceptors (Lipinski definition) is 5.